The molecule has 13 heavy (non-hydrogen) atoms. The van der Waals surface area contributed by atoms with Crippen LogP contribution in [0.15, 0.2) is 24.3 Å². The lowest BCUT2D eigenvalue weighted by Gasteiger charge is -2.03. The number of hydrogen-bond donors (Lipinski definition) is 0. The SMILES string of the molecule is Cc1ccc(OCCSC#N)cc1. The molecule has 1 aromatic rings. The lowest BCUT2D eigenvalue weighted by molar-refractivity contribution is 0.344. The average Bonchev–Trinajstić information content (AvgIpc) is 2.15. The van der Waals surface area contributed by atoms with Crippen LogP contribution in [0.5, 0.6) is 5.75 Å². The molecule has 0 heterocycles. The summed E-state index contributed by atoms with van der Waals surface area (Å²) in [5.74, 6) is 1.58. The van der Waals surface area contributed by atoms with E-state index >= 15 is 0 Å². The van der Waals surface area contributed by atoms with Gasteiger partial charge in [-0.15, -0.1) is 0 Å². The van der Waals surface area contributed by atoms with E-state index in [0.29, 0.717) is 12.4 Å². The quantitative estimate of drug-likeness (QED) is 0.544. The van der Waals surface area contributed by atoms with Crippen molar-refractivity contribution < 1.29 is 4.74 Å². The van der Waals surface area contributed by atoms with Gasteiger partial charge in [0.1, 0.15) is 11.2 Å². The molecule has 0 aromatic heterocycles. The van der Waals surface area contributed by atoms with Gasteiger partial charge in [0.05, 0.1) is 6.61 Å². The Hall–Kier alpha value is -1.14. The Morgan fingerprint density at radius 3 is 2.69 bits per heavy atom. The van der Waals surface area contributed by atoms with Crippen molar-refractivity contribution in [1.82, 2.24) is 0 Å². The first-order valence-corrected chi connectivity index (χ1v) is 5.02. The van der Waals surface area contributed by atoms with E-state index in [1.807, 2.05) is 36.6 Å². The molecule has 0 N–H and O–H groups in total. The van der Waals surface area contributed by atoms with Crippen molar-refractivity contribution in [3.8, 4) is 11.2 Å². The van der Waals surface area contributed by atoms with Gasteiger partial charge in [0.25, 0.3) is 0 Å². The van der Waals surface area contributed by atoms with Gasteiger partial charge in [-0.25, -0.2) is 0 Å². The van der Waals surface area contributed by atoms with E-state index in [9.17, 15) is 0 Å². The highest BCUT2D eigenvalue weighted by atomic mass is 32.2. The van der Waals surface area contributed by atoms with E-state index in [2.05, 4.69) is 0 Å². The Morgan fingerprint density at radius 1 is 1.38 bits per heavy atom. The zero-order valence-electron chi connectivity index (χ0n) is 7.49. The van der Waals surface area contributed by atoms with Gasteiger partial charge >= 0.3 is 0 Å². The molecule has 1 aromatic carbocycles. The second-order valence-corrected chi connectivity index (χ2v) is 3.48. The summed E-state index contributed by atoms with van der Waals surface area (Å²) in [6.07, 6.45) is 0. The third-order valence-electron chi connectivity index (χ3n) is 1.54. The van der Waals surface area contributed by atoms with Crippen LogP contribution < -0.4 is 4.74 Å². The maximum atomic E-state index is 8.26. The molecule has 0 spiro atoms. The smallest absolute Gasteiger partial charge is 0.133 e. The Balaban J connectivity index is 2.30. The molecule has 2 nitrogen and oxygen atoms in total. The average molecular weight is 193 g/mol. The standard InChI is InChI=1S/C10H11NOS/c1-9-2-4-10(5-3-9)12-6-7-13-8-11/h2-5H,6-7H2,1H3. The minimum Gasteiger partial charge on any atom is -0.493 e. The summed E-state index contributed by atoms with van der Waals surface area (Å²) in [5, 5.41) is 10.3. The zero-order chi connectivity index (χ0) is 9.52. The van der Waals surface area contributed by atoms with Crippen LogP contribution in [0, 0.1) is 17.6 Å². The van der Waals surface area contributed by atoms with Crippen LogP contribution in [-0.2, 0) is 0 Å². The fourth-order valence-electron chi connectivity index (χ4n) is 0.881. The lowest BCUT2D eigenvalue weighted by atomic mass is 10.2. The van der Waals surface area contributed by atoms with E-state index in [1.54, 1.807) is 0 Å². The predicted molar refractivity (Wildman–Crippen MR) is 54.7 cm³/mol. The monoisotopic (exact) mass is 193 g/mol. The van der Waals surface area contributed by atoms with Gasteiger partial charge in [-0.3, -0.25) is 0 Å². The van der Waals surface area contributed by atoms with Crippen molar-refractivity contribution in [2.24, 2.45) is 0 Å². The Morgan fingerprint density at radius 2 is 2.08 bits per heavy atom. The number of nitrogens with zero attached hydrogens (tertiary/aromatic N) is 1. The van der Waals surface area contributed by atoms with Crippen LogP contribution >= 0.6 is 11.8 Å². The van der Waals surface area contributed by atoms with E-state index in [0.717, 1.165) is 5.75 Å². The summed E-state index contributed by atoms with van der Waals surface area (Å²) < 4.78 is 5.39. The highest BCUT2D eigenvalue weighted by Crippen LogP contribution is 2.11. The first-order valence-electron chi connectivity index (χ1n) is 4.03. The number of nitriles is 1. The molecular formula is C10H11NOS. The number of ether oxygens (including phenoxy) is 1. The van der Waals surface area contributed by atoms with Gasteiger partial charge < -0.3 is 4.74 Å². The summed E-state index contributed by atoms with van der Waals surface area (Å²) in [7, 11) is 0. The van der Waals surface area contributed by atoms with Crippen molar-refractivity contribution in [2.45, 2.75) is 6.92 Å². The van der Waals surface area contributed by atoms with E-state index < -0.39 is 0 Å². The molecule has 0 aliphatic rings. The van der Waals surface area contributed by atoms with Crippen molar-refractivity contribution in [3.05, 3.63) is 29.8 Å². The largest absolute Gasteiger partial charge is 0.493 e. The van der Waals surface area contributed by atoms with Gasteiger partial charge in [-0.1, -0.05) is 17.7 Å². The molecule has 0 radical (unpaired) electrons. The second-order valence-electron chi connectivity index (χ2n) is 2.60. The second kappa shape index (κ2) is 5.50. The maximum absolute atomic E-state index is 8.26. The molecule has 0 amide bonds. The minimum atomic E-state index is 0.585. The molecular weight excluding hydrogens is 182 g/mol. The zero-order valence-corrected chi connectivity index (χ0v) is 8.30. The van der Waals surface area contributed by atoms with Crippen LogP contribution in [0.25, 0.3) is 0 Å². The molecule has 0 atom stereocenters. The van der Waals surface area contributed by atoms with Crippen LogP contribution in [0.2, 0.25) is 0 Å². The minimum absolute atomic E-state index is 0.585. The third-order valence-corrected chi connectivity index (χ3v) is 2.04. The first-order chi connectivity index (χ1) is 6.33. The van der Waals surface area contributed by atoms with Gasteiger partial charge in [0.15, 0.2) is 0 Å². The van der Waals surface area contributed by atoms with Crippen LogP contribution in [0.3, 0.4) is 0 Å². The molecule has 0 aliphatic carbocycles. The molecule has 3 heteroatoms. The molecule has 0 unspecified atom stereocenters. The normalized spacial score (nSPS) is 9.23. The summed E-state index contributed by atoms with van der Waals surface area (Å²) in [6, 6.07) is 7.89. The van der Waals surface area contributed by atoms with Crippen LogP contribution in [0.4, 0.5) is 0 Å². The summed E-state index contributed by atoms with van der Waals surface area (Å²) >= 11 is 1.21. The van der Waals surface area contributed by atoms with E-state index in [-0.39, 0.29) is 0 Å². The third kappa shape index (κ3) is 3.86. The highest BCUT2D eigenvalue weighted by molar-refractivity contribution is 8.03. The molecule has 0 saturated heterocycles. The number of rotatable bonds is 4. The lowest BCUT2D eigenvalue weighted by Crippen LogP contribution is -1.99. The van der Waals surface area contributed by atoms with Crippen molar-refractivity contribution in [3.63, 3.8) is 0 Å². The van der Waals surface area contributed by atoms with Crippen molar-refractivity contribution in [1.29, 1.82) is 5.26 Å². The number of benzene rings is 1. The summed E-state index contributed by atoms with van der Waals surface area (Å²) in [5.41, 5.74) is 1.22. The molecule has 1 rings (SSSR count). The molecule has 68 valence electrons. The fourth-order valence-corrected chi connectivity index (χ4v) is 1.14. The topological polar surface area (TPSA) is 33.0 Å². The number of thiocyanates is 1. The number of aryl methyl sites for hydroxylation is 1. The van der Waals surface area contributed by atoms with Crippen LogP contribution in [0.1, 0.15) is 5.56 Å². The van der Waals surface area contributed by atoms with Crippen molar-refractivity contribution in [2.75, 3.05) is 12.4 Å². The Bertz CT molecular complexity index is 289. The Kier molecular flexibility index (Phi) is 4.20. The van der Waals surface area contributed by atoms with E-state index in [1.165, 1.54) is 17.3 Å². The van der Waals surface area contributed by atoms with Gasteiger partial charge in [-0.05, 0) is 30.8 Å². The van der Waals surface area contributed by atoms with Gasteiger partial charge in [0.2, 0.25) is 0 Å². The molecule has 0 saturated carbocycles. The number of hydrogen-bond acceptors (Lipinski definition) is 3. The highest BCUT2D eigenvalue weighted by Gasteiger charge is 1.92. The number of thioether (sulfide) groups is 1. The molecule has 0 aliphatic heterocycles. The van der Waals surface area contributed by atoms with E-state index in [4.69, 9.17) is 10.00 Å². The maximum Gasteiger partial charge on any atom is 0.133 e. The fraction of sp³-hybridized carbons (Fsp3) is 0.300. The van der Waals surface area contributed by atoms with Gasteiger partial charge in [-0.2, -0.15) is 5.26 Å². The molecule has 0 bridgehead atoms. The summed E-state index contributed by atoms with van der Waals surface area (Å²) in [4.78, 5) is 0. The van der Waals surface area contributed by atoms with Crippen LogP contribution in [-0.4, -0.2) is 12.4 Å². The predicted octanol–water partition coefficient (Wildman–Crippen LogP) is 2.59. The summed E-state index contributed by atoms with van der Waals surface area (Å²) in [6.45, 7) is 2.62. The first kappa shape index (κ1) is 9.94. The van der Waals surface area contributed by atoms with Gasteiger partial charge in [0, 0.05) is 5.75 Å². The molecule has 0 fully saturated rings. The Labute approximate surface area is 82.5 Å². The van der Waals surface area contributed by atoms with Crippen molar-refractivity contribution >= 4 is 11.8 Å².